The van der Waals surface area contributed by atoms with E-state index in [2.05, 4.69) is 31.3 Å². The average molecular weight is 233 g/mol. The number of benzene rings is 1. The number of ketones is 1. The molecule has 0 saturated carbocycles. The molecule has 0 aliphatic rings. The van der Waals surface area contributed by atoms with Crippen LogP contribution in [0.3, 0.4) is 0 Å². The first-order valence-electron chi connectivity index (χ1n) is 6.37. The van der Waals surface area contributed by atoms with Crippen LogP contribution in [0.4, 0.5) is 0 Å². The fourth-order valence-electron chi connectivity index (χ4n) is 1.94. The van der Waals surface area contributed by atoms with Gasteiger partial charge in [0.2, 0.25) is 0 Å². The lowest BCUT2D eigenvalue weighted by atomic mass is 9.95. The lowest BCUT2D eigenvalue weighted by molar-refractivity contribution is -0.122. The number of hydrogen-bond acceptors (Lipinski definition) is 2. The number of carbonyl (C=O) groups is 1. The summed E-state index contributed by atoms with van der Waals surface area (Å²) in [5.74, 6) is 1.07. The van der Waals surface area contributed by atoms with Crippen LogP contribution in [0.5, 0.6) is 0 Å². The zero-order chi connectivity index (χ0) is 12.7. The minimum atomic E-state index is 0.165. The van der Waals surface area contributed by atoms with E-state index >= 15 is 0 Å². The summed E-state index contributed by atoms with van der Waals surface area (Å²) in [6.07, 6.45) is 0.978. The Hall–Kier alpha value is -1.15. The van der Waals surface area contributed by atoms with Crippen molar-refractivity contribution in [1.82, 2.24) is 5.32 Å². The van der Waals surface area contributed by atoms with Crippen molar-refractivity contribution in [3.8, 4) is 0 Å². The monoisotopic (exact) mass is 233 g/mol. The van der Waals surface area contributed by atoms with Gasteiger partial charge in [-0.15, -0.1) is 0 Å². The maximum absolute atomic E-state index is 11.8. The van der Waals surface area contributed by atoms with Gasteiger partial charge in [-0.05, 0) is 17.9 Å². The topological polar surface area (TPSA) is 29.1 Å². The van der Waals surface area contributed by atoms with Crippen molar-refractivity contribution in [3.63, 3.8) is 0 Å². The maximum Gasteiger partial charge on any atom is 0.149 e. The Morgan fingerprint density at radius 1 is 1.18 bits per heavy atom. The summed E-state index contributed by atoms with van der Waals surface area (Å²) in [5.41, 5.74) is 1.22. The molecule has 1 aromatic carbocycles. The standard InChI is InChI=1S/C15H23NO/c1-12(2)9-13(3)15(17)11-16-10-14-7-5-4-6-8-14/h4-8,12-13,16H,9-11H2,1-3H3. The Morgan fingerprint density at radius 2 is 1.82 bits per heavy atom. The van der Waals surface area contributed by atoms with Gasteiger partial charge in [0.25, 0.3) is 0 Å². The van der Waals surface area contributed by atoms with Crippen LogP contribution in [-0.4, -0.2) is 12.3 Å². The summed E-state index contributed by atoms with van der Waals surface area (Å²) in [4.78, 5) is 11.8. The summed E-state index contributed by atoms with van der Waals surface area (Å²) in [6.45, 7) is 7.57. The van der Waals surface area contributed by atoms with Gasteiger partial charge in [-0.2, -0.15) is 0 Å². The Balaban J connectivity index is 2.24. The molecule has 94 valence electrons. The van der Waals surface area contributed by atoms with Crippen LogP contribution in [0.25, 0.3) is 0 Å². The zero-order valence-corrected chi connectivity index (χ0v) is 11.1. The van der Waals surface area contributed by atoms with E-state index in [0.717, 1.165) is 13.0 Å². The molecule has 1 atom stereocenters. The lowest BCUT2D eigenvalue weighted by Crippen LogP contribution is -2.27. The predicted molar refractivity (Wildman–Crippen MR) is 71.8 cm³/mol. The Labute approximate surface area is 104 Å². The summed E-state index contributed by atoms with van der Waals surface area (Å²) in [7, 11) is 0. The molecule has 0 spiro atoms. The van der Waals surface area contributed by atoms with Gasteiger partial charge >= 0.3 is 0 Å². The number of rotatable bonds is 7. The molecule has 0 fully saturated rings. The molecule has 1 unspecified atom stereocenters. The Bertz CT molecular complexity index is 332. The third-order valence-corrected chi connectivity index (χ3v) is 2.85. The van der Waals surface area contributed by atoms with E-state index in [1.54, 1.807) is 0 Å². The molecule has 0 radical (unpaired) electrons. The van der Waals surface area contributed by atoms with Crippen molar-refractivity contribution < 1.29 is 4.79 Å². The van der Waals surface area contributed by atoms with Gasteiger partial charge in [-0.3, -0.25) is 4.79 Å². The molecule has 17 heavy (non-hydrogen) atoms. The van der Waals surface area contributed by atoms with E-state index in [4.69, 9.17) is 0 Å². The van der Waals surface area contributed by atoms with Gasteiger partial charge < -0.3 is 5.32 Å². The second-order valence-electron chi connectivity index (χ2n) is 5.09. The highest BCUT2D eigenvalue weighted by atomic mass is 16.1. The fraction of sp³-hybridized carbons (Fsp3) is 0.533. The fourth-order valence-corrected chi connectivity index (χ4v) is 1.94. The van der Waals surface area contributed by atoms with Gasteiger partial charge in [0.1, 0.15) is 5.78 Å². The second-order valence-corrected chi connectivity index (χ2v) is 5.09. The van der Waals surface area contributed by atoms with E-state index in [9.17, 15) is 4.79 Å². The minimum absolute atomic E-state index is 0.165. The largest absolute Gasteiger partial charge is 0.306 e. The highest BCUT2D eigenvalue weighted by molar-refractivity contribution is 5.82. The molecular weight excluding hydrogens is 210 g/mol. The first-order chi connectivity index (χ1) is 8.09. The van der Waals surface area contributed by atoms with E-state index in [-0.39, 0.29) is 5.92 Å². The third-order valence-electron chi connectivity index (χ3n) is 2.85. The molecule has 0 heterocycles. The highest BCUT2D eigenvalue weighted by Gasteiger charge is 2.13. The molecule has 0 amide bonds. The van der Waals surface area contributed by atoms with Crippen LogP contribution in [0.15, 0.2) is 30.3 Å². The lowest BCUT2D eigenvalue weighted by Gasteiger charge is -2.13. The van der Waals surface area contributed by atoms with Crippen molar-refractivity contribution in [2.45, 2.75) is 33.7 Å². The summed E-state index contributed by atoms with van der Waals surface area (Å²) >= 11 is 0. The van der Waals surface area contributed by atoms with Gasteiger partial charge in [0.15, 0.2) is 0 Å². The second kappa shape index (κ2) is 7.23. The number of hydrogen-bond donors (Lipinski definition) is 1. The molecule has 1 rings (SSSR count). The van der Waals surface area contributed by atoms with Crippen molar-refractivity contribution in [3.05, 3.63) is 35.9 Å². The molecule has 0 aromatic heterocycles. The smallest absolute Gasteiger partial charge is 0.149 e. The first kappa shape index (κ1) is 13.9. The molecule has 0 bridgehead atoms. The molecule has 2 heteroatoms. The minimum Gasteiger partial charge on any atom is -0.306 e. The van der Waals surface area contributed by atoms with Crippen LogP contribution >= 0.6 is 0 Å². The molecule has 0 aliphatic carbocycles. The van der Waals surface area contributed by atoms with E-state index in [1.165, 1.54) is 5.56 Å². The van der Waals surface area contributed by atoms with Gasteiger partial charge in [-0.1, -0.05) is 51.1 Å². The summed E-state index contributed by atoms with van der Waals surface area (Å²) in [6, 6.07) is 10.2. The van der Waals surface area contributed by atoms with Gasteiger partial charge in [0.05, 0.1) is 6.54 Å². The SMILES string of the molecule is CC(C)CC(C)C(=O)CNCc1ccccc1. The van der Waals surface area contributed by atoms with E-state index in [0.29, 0.717) is 18.2 Å². The van der Waals surface area contributed by atoms with Gasteiger partial charge in [0, 0.05) is 12.5 Å². The van der Waals surface area contributed by atoms with E-state index in [1.807, 2.05) is 25.1 Å². The van der Waals surface area contributed by atoms with Crippen LogP contribution in [0, 0.1) is 11.8 Å². The molecule has 1 N–H and O–H groups in total. The average Bonchev–Trinajstić information content (AvgIpc) is 2.29. The zero-order valence-electron chi connectivity index (χ0n) is 11.1. The molecular formula is C15H23NO. The number of nitrogens with one attached hydrogen (secondary N) is 1. The van der Waals surface area contributed by atoms with Crippen LogP contribution in [0.2, 0.25) is 0 Å². The predicted octanol–water partition coefficient (Wildman–Crippen LogP) is 3.03. The quantitative estimate of drug-likeness (QED) is 0.784. The molecule has 1 aromatic rings. The maximum atomic E-state index is 11.8. The Kier molecular flexibility index (Phi) is 5.92. The third kappa shape index (κ3) is 5.64. The van der Waals surface area contributed by atoms with Crippen molar-refractivity contribution in [1.29, 1.82) is 0 Å². The number of Topliss-reactive ketones (excluding diaryl/α,β-unsaturated/α-hetero) is 1. The first-order valence-corrected chi connectivity index (χ1v) is 6.37. The molecule has 2 nitrogen and oxygen atoms in total. The van der Waals surface area contributed by atoms with Crippen LogP contribution < -0.4 is 5.32 Å². The summed E-state index contributed by atoms with van der Waals surface area (Å²) < 4.78 is 0. The Morgan fingerprint density at radius 3 is 2.41 bits per heavy atom. The highest BCUT2D eigenvalue weighted by Crippen LogP contribution is 2.11. The van der Waals surface area contributed by atoms with Crippen LogP contribution in [-0.2, 0) is 11.3 Å². The van der Waals surface area contributed by atoms with Crippen molar-refractivity contribution >= 4 is 5.78 Å². The normalized spacial score (nSPS) is 12.7. The van der Waals surface area contributed by atoms with E-state index < -0.39 is 0 Å². The number of carbonyl (C=O) groups excluding carboxylic acids is 1. The molecule has 0 aliphatic heterocycles. The van der Waals surface area contributed by atoms with Gasteiger partial charge in [-0.25, -0.2) is 0 Å². The summed E-state index contributed by atoms with van der Waals surface area (Å²) in [5, 5.41) is 3.21. The van der Waals surface area contributed by atoms with Crippen molar-refractivity contribution in [2.75, 3.05) is 6.54 Å². The van der Waals surface area contributed by atoms with Crippen LogP contribution in [0.1, 0.15) is 32.8 Å². The van der Waals surface area contributed by atoms with Crippen molar-refractivity contribution in [2.24, 2.45) is 11.8 Å². The molecule has 0 saturated heterocycles.